The number of nitrogens with two attached hydrogens (primary N) is 1. The van der Waals surface area contributed by atoms with Gasteiger partial charge in [0, 0.05) is 37.1 Å². The van der Waals surface area contributed by atoms with Crippen LogP contribution in [0.3, 0.4) is 0 Å². The predicted molar refractivity (Wildman–Crippen MR) is 140 cm³/mol. The Morgan fingerprint density at radius 1 is 1.14 bits per heavy atom. The summed E-state index contributed by atoms with van der Waals surface area (Å²) in [5.41, 5.74) is 7.99. The third kappa shape index (κ3) is 5.89. The van der Waals surface area contributed by atoms with Gasteiger partial charge in [-0.15, -0.1) is 0 Å². The number of aromatic nitrogens is 4. The Hall–Kier alpha value is -4.80. The first-order valence-corrected chi connectivity index (χ1v) is 11.8. The molecule has 0 aliphatic carbocycles. The van der Waals surface area contributed by atoms with Crippen molar-refractivity contribution < 1.29 is 14.3 Å². The maximum atomic E-state index is 13.5. The maximum absolute atomic E-state index is 13.5. The van der Waals surface area contributed by atoms with Crippen LogP contribution in [0.1, 0.15) is 35.1 Å². The number of amides is 1. The summed E-state index contributed by atoms with van der Waals surface area (Å²) in [4.78, 5) is 40.2. The summed E-state index contributed by atoms with van der Waals surface area (Å²) in [6.45, 7) is 2.57. The fourth-order valence-electron chi connectivity index (χ4n) is 3.79. The summed E-state index contributed by atoms with van der Waals surface area (Å²) in [5, 5.41) is 10.7. The van der Waals surface area contributed by atoms with Gasteiger partial charge in [-0.25, -0.2) is 15.0 Å². The molecule has 11 nitrogen and oxygen atoms in total. The summed E-state index contributed by atoms with van der Waals surface area (Å²) in [6.07, 6.45) is 3.19. The van der Waals surface area contributed by atoms with Crippen LogP contribution in [0, 0.1) is 5.41 Å². The molecule has 0 unspecified atom stereocenters. The van der Waals surface area contributed by atoms with Gasteiger partial charge in [0.05, 0.1) is 30.6 Å². The summed E-state index contributed by atoms with van der Waals surface area (Å²) < 4.78 is 6.97. The van der Waals surface area contributed by atoms with Crippen LogP contribution < -0.4 is 16.0 Å². The molecule has 4 N–H and O–H groups in total. The van der Waals surface area contributed by atoms with Crippen LogP contribution in [0.2, 0.25) is 0 Å². The number of hydrogen-bond acceptors (Lipinski definition) is 8. The van der Waals surface area contributed by atoms with Crippen molar-refractivity contribution in [2.75, 3.05) is 23.4 Å². The zero-order valence-electron chi connectivity index (χ0n) is 20.6. The van der Waals surface area contributed by atoms with Gasteiger partial charge in [-0.3, -0.25) is 19.9 Å². The number of ether oxygens (including phenoxy) is 1. The normalized spacial score (nSPS) is 10.8. The van der Waals surface area contributed by atoms with E-state index in [1.54, 1.807) is 55.6 Å². The second kappa shape index (κ2) is 11.3. The Morgan fingerprint density at radius 3 is 2.62 bits per heavy atom. The Bertz CT molecular complexity index is 1420. The molecule has 3 aromatic heterocycles. The van der Waals surface area contributed by atoms with Crippen molar-refractivity contribution in [1.29, 1.82) is 5.41 Å². The number of aryl methyl sites for hydroxylation is 1. The second-order valence-corrected chi connectivity index (χ2v) is 8.19. The summed E-state index contributed by atoms with van der Waals surface area (Å²) in [6, 6.07) is 14.1. The Balaban J connectivity index is 1.54. The topological polar surface area (TPSA) is 152 Å². The highest BCUT2D eigenvalue weighted by molar-refractivity contribution is 6.07. The van der Waals surface area contributed by atoms with Gasteiger partial charge in [0.1, 0.15) is 23.3 Å². The molecule has 11 heteroatoms. The molecule has 0 saturated carbocycles. The third-order valence-electron chi connectivity index (χ3n) is 5.74. The number of carbonyl (C=O) groups is 2. The van der Waals surface area contributed by atoms with Crippen molar-refractivity contribution in [3.8, 4) is 0 Å². The Morgan fingerprint density at radius 2 is 1.95 bits per heavy atom. The van der Waals surface area contributed by atoms with Gasteiger partial charge in [-0.2, -0.15) is 0 Å². The molecule has 37 heavy (non-hydrogen) atoms. The highest BCUT2D eigenvalue weighted by atomic mass is 16.5. The van der Waals surface area contributed by atoms with Gasteiger partial charge in [0.25, 0.3) is 5.91 Å². The largest absolute Gasteiger partial charge is 0.466 e. The number of nitrogens with one attached hydrogen (secondary N) is 2. The van der Waals surface area contributed by atoms with Gasteiger partial charge in [0.2, 0.25) is 0 Å². The van der Waals surface area contributed by atoms with Crippen LogP contribution in [-0.4, -0.2) is 50.4 Å². The summed E-state index contributed by atoms with van der Waals surface area (Å²) in [5.74, 6) is 1.12. The van der Waals surface area contributed by atoms with Gasteiger partial charge >= 0.3 is 5.97 Å². The number of fused-ring (bicyclic) bond motifs is 1. The molecule has 0 bridgehead atoms. The smallest absolute Gasteiger partial charge is 0.307 e. The van der Waals surface area contributed by atoms with Crippen LogP contribution in [-0.2, 0) is 23.1 Å². The average molecular weight is 501 g/mol. The molecule has 0 aliphatic rings. The van der Waals surface area contributed by atoms with E-state index in [0.717, 1.165) is 11.3 Å². The molecule has 0 spiro atoms. The SMILES string of the molecule is CCOC(=O)CCN(C(=O)c1ccc2c(c1)nc(CNc1ccc(C(=N)N)cn1)n2C)c1ccccn1. The van der Waals surface area contributed by atoms with Crippen LogP contribution >= 0.6 is 0 Å². The lowest BCUT2D eigenvalue weighted by atomic mass is 10.1. The zero-order valence-corrected chi connectivity index (χ0v) is 20.6. The number of carbonyl (C=O) groups excluding carboxylic acids is 2. The van der Waals surface area contributed by atoms with E-state index in [2.05, 4.69) is 15.3 Å². The molecule has 0 atom stereocenters. The van der Waals surface area contributed by atoms with E-state index in [1.165, 1.54) is 11.1 Å². The molecule has 0 fully saturated rings. The Kier molecular flexibility index (Phi) is 7.72. The highest BCUT2D eigenvalue weighted by Crippen LogP contribution is 2.21. The van der Waals surface area contributed by atoms with Crippen LogP contribution in [0.5, 0.6) is 0 Å². The molecule has 190 valence electrons. The first kappa shape index (κ1) is 25.3. The van der Waals surface area contributed by atoms with E-state index in [1.807, 2.05) is 17.7 Å². The van der Waals surface area contributed by atoms with Crippen molar-refractivity contribution in [1.82, 2.24) is 19.5 Å². The minimum Gasteiger partial charge on any atom is -0.466 e. The van der Waals surface area contributed by atoms with E-state index >= 15 is 0 Å². The van der Waals surface area contributed by atoms with Crippen molar-refractivity contribution in [2.45, 2.75) is 19.9 Å². The van der Waals surface area contributed by atoms with E-state index < -0.39 is 0 Å². The van der Waals surface area contributed by atoms with Crippen LogP contribution in [0.25, 0.3) is 11.0 Å². The molecular formula is C26H28N8O3. The van der Waals surface area contributed by atoms with Gasteiger partial charge in [-0.1, -0.05) is 6.07 Å². The first-order valence-electron chi connectivity index (χ1n) is 11.8. The van der Waals surface area contributed by atoms with E-state index in [0.29, 0.717) is 34.8 Å². The third-order valence-corrected chi connectivity index (χ3v) is 5.74. The number of nitrogen functional groups attached to an aromatic ring is 1. The van der Waals surface area contributed by atoms with Crippen LogP contribution in [0.15, 0.2) is 60.9 Å². The first-order chi connectivity index (χ1) is 17.9. The minimum absolute atomic E-state index is 0.0396. The number of hydrogen-bond donors (Lipinski definition) is 3. The quantitative estimate of drug-likeness (QED) is 0.171. The predicted octanol–water partition coefficient (Wildman–Crippen LogP) is 2.86. The fourth-order valence-corrected chi connectivity index (χ4v) is 3.79. The Labute approximate surface area is 213 Å². The number of esters is 1. The molecule has 0 radical (unpaired) electrons. The van der Waals surface area contributed by atoms with E-state index in [-0.39, 0.29) is 37.3 Å². The summed E-state index contributed by atoms with van der Waals surface area (Å²) in [7, 11) is 1.90. The zero-order chi connectivity index (χ0) is 26.4. The number of pyridine rings is 2. The highest BCUT2D eigenvalue weighted by Gasteiger charge is 2.21. The molecule has 4 aromatic rings. The molecule has 3 heterocycles. The lowest BCUT2D eigenvalue weighted by Crippen LogP contribution is -2.34. The van der Waals surface area contributed by atoms with Gasteiger partial charge < -0.3 is 20.4 Å². The average Bonchev–Trinajstić information content (AvgIpc) is 3.23. The van der Waals surface area contributed by atoms with Crippen LogP contribution in [0.4, 0.5) is 11.6 Å². The number of benzene rings is 1. The number of nitrogens with zero attached hydrogens (tertiary/aromatic N) is 5. The van der Waals surface area contributed by atoms with E-state index in [9.17, 15) is 9.59 Å². The van der Waals surface area contributed by atoms with Gasteiger partial charge in [0.15, 0.2) is 0 Å². The fraction of sp³-hybridized carbons (Fsp3) is 0.231. The number of rotatable bonds is 10. The second-order valence-electron chi connectivity index (χ2n) is 8.19. The number of anilines is 2. The molecule has 1 amide bonds. The number of imidazole rings is 1. The molecular weight excluding hydrogens is 472 g/mol. The van der Waals surface area contributed by atoms with Crippen molar-refractivity contribution in [3.05, 3.63) is 77.9 Å². The molecule has 0 aliphatic heterocycles. The molecule has 4 rings (SSSR count). The molecule has 0 saturated heterocycles. The van der Waals surface area contributed by atoms with Gasteiger partial charge in [-0.05, 0) is 49.4 Å². The lowest BCUT2D eigenvalue weighted by molar-refractivity contribution is -0.142. The van der Waals surface area contributed by atoms with Crippen molar-refractivity contribution >= 4 is 40.4 Å². The summed E-state index contributed by atoms with van der Waals surface area (Å²) >= 11 is 0. The van der Waals surface area contributed by atoms with E-state index in [4.69, 9.17) is 20.9 Å². The lowest BCUT2D eigenvalue weighted by Gasteiger charge is -2.21. The standard InChI is InChI=1S/C26H28N8O3/c1-3-37-24(35)11-13-34(22-6-4-5-12-29-22)26(36)17-7-9-20-19(14-17)32-23(33(20)2)16-31-21-10-8-18(15-30-21)25(27)28/h4-10,12,14-15H,3,11,13,16H2,1-2H3,(H3,27,28)(H,30,31). The van der Waals surface area contributed by atoms with Crippen molar-refractivity contribution in [2.24, 2.45) is 12.8 Å². The molecule has 1 aromatic carbocycles. The van der Waals surface area contributed by atoms with Crippen molar-refractivity contribution in [3.63, 3.8) is 0 Å². The minimum atomic E-state index is -0.376. The monoisotopic (exact) mass is 500 g/mol. The maximum Gasteiger partial charge on any atom is 0.307 e. The number of amidine groups is 1.